The number of nitrogens with one attached hydrogen (secondary N) is 2. The molecule has 2 N–H and O–H groups in total. The minimum Gasteiger partial charge on any atom is -0.313 e. The van der Waals surface area contributed by atoms with Gasteiger partial charge in [0.05, 0.1) is 0 Å². The fraction of sp³-hybridized carbons (Fsp3) is 1.00. The highest BCUT2D eigenvalue weighted by atomic mass is 15.0. The number of rotatable bonds is 4. The van der Waals surface area contributed by atoms with Crippen LogP contribution in [0.5, 0.6) is 0 Å². The van der Waals surface area contributed by atoms with E-state index in [1.165, 1.54) is 19.3 Å². The lowest BCUT2D eigenvalue weighted by molar-refractivity contribution is 0.0851. The second-order valence-electron chi connectivity index (χ2n) is 8.74. The van der Waals surface area contributed by atoms with Crippen molar-refractivity contribution in [3.63, 3.8) is 0 Å². The highest BCUT2D eigenvalue weighted by molar-refractivity contribution is 4.92. The molecule has 1 saturated carbocycles. The van der Waals surface area contributed by atoms with Crippen LogP contribution in [0.4, 0.5) is 0 Å². The zero-order chi connectivity index (χ0) is 14.0. The molecule has 0 aromatic carbocycles. The van der Waals surface area contributed by atoms with Crippen LogP contribution >= 0.6 is 0 Å². The second-order valence-corrected chi connectivity index (χ2v) is 8.74. The van der Waals surface area contributed by atoms with Gasteiger partial charge in [0.25, 0.3) is 0 Å². The van der Waals surface area contributed by atoms with E-state index in [1.807, 2.05) is 0 Å². The maximum atomic E-state index is 3.74. The molecule has 108 valence electrons. The maximum Gasteiger partial charge on any atom is 0.00970 e. The Kier molecular flexibility index (Phi) is 4.88. The van der Waals surface area contributed by atoms with Crippen LogP contribution < -0.4 is 10.6 Å². The van der Waals surface area contributed by atoms with Crippen LogP contribution in [0, 0.1) is 10.8 Å². The first-order chi connectivity index (χ1) is 7.99. The first-order valence-corrected chi connectivity index (χ1v) is 7.48. The highest BCUT2D eigenvalue weighted by Crippen LogP contribution is 2.45. The third-order valence-electron chi connectivity index (χ3n) is 3.77. The molecule has 0 spiro atoms. The molecule has 0 saturated heterocycles. The van der Waals surface area contributed by atoms with Gasteiger partial charge in [-0.2, -0.15) is 0 Å². The van der Waals surface area contributed by atoms with E-state index >= 15 is 0 Å². The quantitative estimate of drug-likeness (QED) is 0.750. The number of hydrogen-bond acceptors (Lipinski definition) is 2. The molecule has 1 fully saturated rings. The van der Waals surface area contributed by atoms with Gasteiger partial charge in [0.15, 0.2) is 0 Å². The van der Waals surface area contributed by atoms with Crippen molar-refractivity contribution in [1.29, 1.82) is 0 Å². The summed E-state index contributed by atoms with van der Waals surface area (Å²) >= 11 is 0. The predicted octanol–water partition coefficient (Wildman–Crippen LogP) is 3.57. The molecule has 1 aliphatic rings. The molecule has 0 radical (unpaired) electrons. The van der Waals surface area contributed by atoms with Gasteiger partial charge in [0, 0.05) is 24.7 Å². The third kappa shape index (κ3) is 6.19. The lowest BCUT2D eigenvalue weighted by atomic mass is 9.63. The molecule has 1 rings (SSSR count). The fourth-order valence-electron chi connectivity index (χ4n) is 3.70. The smallest absolute Gasteiger partial charge is 0.00970 e. The zero-order valence-corrected chi connectivity index (χ0v) is 13.6. The van der Waals surface area contributed by atoms with Gasteiger partial charge in [-0.3, -0.25) is 0 Å². The molecule has 1 aliphatic carbocycles. The van der Waals surface area contributed by atoms with Gasteiger partial charge in [0.2, 0.25) is 0 Å². The summed E-state index contributed by atoms with van der Waals surface area (Å²) in [6.45, 7) is 18.5. The van der Waals surface area contributed by atoms with Crippen molar-refractivity contribution >= 4 is 0 Å². The topological polar surface area (TPSA) is 24.1 Å². The standard InChI is InChI=1S/C16H34N2/c1-14(2,3)18-9-8-17-13-10-15(4,5)12-16(6,7)11-13/h13,17-18H,8-12H2,1-7H3. The number of hydrogen-bond donors (Lipinski definition) is 2. The van der Waals surface area contributed by atoms with Crippen molar-refractivity contribution < 1.29 is 0 Å². The van der Waals surface area contributed by atoms with Gasteiger partial charge in [0.1, 0.15) is 0 Å². The summed E-state index contributed by atoms with van der Waals surface area (Å²) in [6, 6.07) is 0.686. The van der Waals surface area contributed by atoms with Crippen molar-refractivity contribution in [1.82, 2.24) is 10.6 Å². The van der Waals surface area contributed by atoms with E-state index in [9.17, 15) is 0 Å². The molecule has 18 heavy (non-hydrogen) atoms. The Morgan fingerprint density at radius 2 is 1.44 bits per heavy atom. The Balaban J connectivity index is 2.34. The molecule has 0 heterocycles. The molecule has 0 aromatic rings. The second kappa shape index (κ2) is 5.50. The molecular formula is C16H34N2. The van der Waals surface area contributed by atoms with Crippen molar-refractivity contribution in [3.8, 4) is 0 Å². The van der Waals surface area contributed by atoms with E-state index in [4.69, 9.17) is 0 Å². The zero-order valence-electron chi connectivity index (χ0n) is 13.6. The summed E-state index contributed by atoms with van der Waals surface area (Å²) in [5, 5.41) is 7.28. The van der Waals surface area contributed by atoms with Crippen LogP contribution in [-0.2, 0) is 0 Å². The lowest BCUT2D eigenvalue weighted by Crippen LogP contribution is -2.47. The highest BCUT2D eigenvalue weighted by Gasteiger charge is 2.37. The van der Waals surface area contributed by atoms with Crippen molar-refractivity contribution in [3.05, 3.63) is 0 Å². The van der Waals surface area contributed by atoms with E-state index in [-0.39, 0.29) is 5.54 Å². The lowest BCUT2D eigenvalue weighted by Gasteiger charge is -2.45. The van der Waals surface area contributed by atoms with Crippen LogP contribution in [0.2, 0.25) is 0 Å². The fourth-order valence-corrected chi connectivity index (χ4v) is 3.70. The minimum absolute atomic E-state index is 0.229. The van der Waals surface area contributed by atoms with Crippen LogP contribution in [0.1, 0.15) is 67.7 Å². The molecule has 2 nitrogen and oxygen atoms in total. The summed E-state index contributed by atoms with van der Waals surface area (Å²) in [4.78, 5) is 0. The van der Waals surface area contributed by atoms with E-state index < -0.39 is 0 Å². The first kappa shape index (κ1) is 16.0. The molecule has 0 atom stereocenters. The normalized spacial score (nSPS) is 24.2. The van der Waals surface area contributed by atoms with Crippen molar-refractivity contribution in [2.75, 3.05) is 13.1 Å². The Bertz CT molecular complexity index is 245. The van der Waals surface area contributed by atoms with Gasteiger partial charge >= 0.3 is 0 Å². The summed E-state index contributed by atoms with van der Waals surface area (Å²) < 4.78 is 0. The molecular weight excluding hydrogens is 220 g/mol. The van der Waals surface area contributed by atoms with E-state index in [2.05, 4.69) is 59.1 Å². The van der Waals surface area contributed by atoms with Crippen LogP contribution in [0.3, 0.4) is 0 Å². The summed E-state index contributed by atoms with van der Waals surface area (Å²) in [5.41, 5.74) is 1.19. The Morgan fingerprint density at radius 3 is 1.89 bits per heavy atom. The molecule has 0 aromatic heterocycles. The van der Waals surface area contributed by atoms with Crippen molar-refractivity contribution in [2.24, 2.45) is 10.8 Å². The first-order valence-electron chi connectivity index (χ1n) is 7.48. The SMILES string of the molecule is CC1(C)CC(NCCNC(C)(C)C)CC(C)(C)C1. The van der Waals surface area contributed by atoms with Gasteiger partial charge in [-0.15, -0.1) is 0 Å². The monoisotopic (exact) mass is 254 g/mol. The Labute approximate surface area is 114 Å². The summed E-state index contributed by atoms with van der Waals surface area (Å²) in [7, 11) is 0. The summed E-state index contributed by atoms with van der Waals surface area (Å²) in [5.74, 6) is 0. The summed E-state index contributed by atoms with van der Waals surface area (Å²) in [6.07, 6.45) is 3.97. The van der Waals surface area contributed by atoms with E-state index in [0.29, 0.717) is 16.9 Å². The largest absolute Gasteiger partial charge is 0.313 e. The maximum absolute atomic E-state index is 3.74. The third-order valence-corrected chi connectivity index (χ3v) is 3.77. The van der Waals surface area contributed by atoms with Gasteiger partial charge in [-0.1, -0.05) is 27.7 Å². The van der Waals surface area contributed by atoms with Gasteiger partial charge < -0.3 is 10.6 Å². The molecule has 0 unspecified atom stereocenters. The van der Waals surface area contributed by atoms with Crippen LogP contribution in [0.15, 0.2) is 0 Å². The predicted molar refractivity (Wildman–Crippen MR) is 81.0 cm³/mol. The Morgan fingerprint density at radius 1 is 0.944 bits per heavy atom. The van der Waals surface area contributed by atoms with E-state index in [0.717, 1.165) is 13.1 Å². The van der Waals surface area contributed by atoms with Gasteiger partial charge in [-0.25, -0.2) is 0 Å². The van der Waals surface area contributed by atoms with E-state index in [1.54, 1.807) is 0 Å². The van der Waals surface area contributed by atoms with Crippen molar-refractivity contribution in [2.45, 2.75) is 79.3 Å². The molecule has 0 aliphatic heterocycles. The van der Waals surface area contributed by atoms with Gasteiger partial charge in [-0.05, 0) is 50.9 Å². The van der Waals surface area contributed by atoms with Crippen LogP contribution in [-0.4, -0.2) is 24.7 Å². The minimum atomic E-state index is 0.229. The molecule has 0 bridgehead atoms. The van der Waals surface area contributed by atoms with Crippen LogP contribution in [0.25, 0.3) is 0 Å². The average molecular weight is 254 g/mol. The molecule has 0 amide bonds. The average Bonchev–Trinajstić information content (AvgIpc) is 2.05. The Hall–Kier alpha value is -0.0800. The molecule has 2 heteroatoms.